The average molecular weight is 378 g/mol. The fraction of sp³-hybridized carbons (Fsp3) is 0.316. The van der Waals surface area contributed by atoms with E-state index in [2.05, 4.69) is 0 Å². The van der Waals surface area contributed by atoms with Gasteiger partial charge in [0.05, 0.1) is 27.9 Å². The molecule has 0 aliphatic heterocycles. The minimum atomic E-state index is -0.631. The van der Waals surface area contributed by atoms with E-state index in [0.717, 1.165) is 4.90 Å². The molecule has 0 saturated carbocycles. The smallest absolute Gasteiger partial charge is 0.323 e. The number of hydrogen-bond donors (Lipinski definition) is 1. The van der Waals surface area contributed by atoms with Gasteiger partial charge >= 0.3 is 5.97 Å². The lowest BCUT2D eigenvalue weighted by Crippen LogP contribution is -2.13. The van der Waals surface area contributed by atoms with E-state index in [4.69, 9.17) is 18.9 Å². The quantitative estimate of drug-likeness (QED) is 0.553. The van der Waals surface area contributed by atoms with Crippen molar-refractivity contribution in [1.29, 1.82) is 0 Å². The lowest BCUT2D eigenvalue weighted by atomic mass is 10.1. The molecule has 0 heterocycles. The highest BCUT2D eigenvalue weighted by molar-refractivity contribution is 8.00. The van der Waals surface area contributed by atoms with Crippen molar-refractivity contribution in [3.63, 3.8) is 0 Å². The maximum absolute atomic E-state index is 12.6. The van der Waals surface area contributed by atoms with Crippen LogP contribution in [0.5, 0.6) is 23.0 Å². The Morgan fingerprint density at radius 2 is 1.62 bits per heavy atom. The summed E-state index contributed by atoms with van der Waals surface area (Å²) in [5, 5.41) is 8.82. The van der Waals surface area contributed by atoms with Crippen LogP contribution in [0, 0.1) is 0 Å². The first-order valence-electron chi connectivity index (χ1n) is 7.96. The van der Waals surface area contributed by atoms with Crippen molar-refractivity contribution in [2.24, 2.45) is 0 Å². The number of methoxy groups -OCH3 is 3. The molecule has 2 aromatic carbocycles. The predicted octanol–water partition coefficient (Wildman–Crippen LogP) is 3.81. The van der Waals surface area contributed by atoms with Crippen molar-refractivity contribution in [3.05, 3.63) is 42.0 Å². The lowest BCUT2D eigenvalue weighted by Gasteiger charge is -2.19. The molecule has 1 unspecified atom stereocenters. The van der Waals surface area contributed by atoms with Gasteiger partial charge in [0, 0.05) is 4.90 Å². The number of ether oxygens (including phenoxy) is 4. The van der Waals surface area contributed by atoms with Gasteiger partial charge in [0.1, 0.15) is 11.0 Å². The molecule has 0 aliphatic rings. The maximum Gasteiger partial charge on any atom is 0.323 e. The molecule has 26 heavy (non-hydrogen) atoms. The predicted molar refractivity (Wildman–Crippen MR) is 99.4 cm³/mol. The van der Waals surface area contributed by atoms with Crippen LogP contribution in [-0.2, 0) is 9.53 Å². The van der Waals surface area contributed by atoms with E-state index >= 15 is 0 Å². The second-order valence-corrected chi connectivity index (χ2v) is 6.38. The third-order valence-electron chi connectivity index (χ3n) is 3.58. The summed E-state index contributed by atoms with van der Waals surface area (Å²) in [6.07, 6.45) is 0. The first-order valence-corrected chi connectivity index (χ1v) is 8.84. The highest BCUT2D eigenvalue weighted by Gasteiger charge is 2.27. The zero-order chi connectivity index (χ0) is 19.1. The van der Waals surface area contributed by atoms with Crippen LogP contribution in [0.15, 0.2) is 41.3 Å². The molecule has 1 N–H and O–H groups in total. The number of carbonyl (C=O) groups excluding carboxylic acids is 1. The Morgan fingerprint density at radius 3 is 2.08 bits per heavy atom. The first kappa shape index (κ1) is 19.8. The minimum Gasteiger partial charge on any atom is -0.508 e. The summed E-state index contributed by atoms with van der Waals surface area (Å²) in [7, 11) is 4.56. The fourth-order valence-corrected chi connectivity index (χ4v) is 3.39. The normalized spacial score (nSPS) is 11.5. The zero-order valence-electron chi connectivity index (χ0n) is 15.1. The van der Waals surface area contributed by atoms with Gasteiger partial charge < -0.3 is 24.1 Å². The van der Waals surface area contributed by atoms with Crippen LogP contribution >= 0.6 is 11.8 Å². The van der Waals surface area contributed by atoms with Crippen molar-refractivity contribution in [1.82, 2.24) is 0 Å². The topological polar surface area (TPSA) is 74.2 Å². The van der Waals surface area contributed by atoms with Crippen molar-refractivity contribution in [2.45, 2.75) is 17.1 Å². The number of phenols is 1. The number of phenolic OH excluding ortho intramolecular Hbond substituents is 1. The van der Waals surface area contributed by atoms with E-state index in [1.54, 1.807) is 43.3 Å². The summed E-state index contributed by atoms with van der Waals surface area (Å²) in [6, 6.07) is 10.1. The van der Waals surface area contributed by atoms with Crippen molar-refractivity contribution in [3.8, 4) is 23.0 Å². The Labute approximate surface area is 157 Å². The van der Waals surface area contributed by atoms with E-state index in [0.29, 0.717) is 22.8 Å². The molecule has 0 fully saturated rings. The second kappa shape index (κ2) is 9.24. The van der Waals surface area contributed by atoms with Gasteiger partial charge in [0.2, 0.25) is 5.75 Å². The van der Waals surface area contributed by atoms with Gasteiger partial charge in [0.25, 0.3) is 0 Å². The van der Waals surface area contributed by atoms with Crippen LogP contribution in [0.4, 0.5) is 0 Å². The third-order valence-corrected chi connectivity index (χ3v) is 4.83. The summed E-state index contributed by atoms with van der Waals surface area (Å²) >= 11 is 1.31. The number of thioether (sulfide) groups is 1. The highest BCUT2D eigenvalue weighted by atomic mass is 32.2. The molecule has 6 nitrogen and oxygen atoms in total. The minimum absolute atomic E-state index is 0.162. The molecule has 0 spiro atoms. The van der Waals surface area contributed by atoms with Crippen molar-refractivity contribution in [2.75, 3.05) is 27.9 Å². The van der Waals surface area contributed by atoms with Crippen LogP contribution in [-0.4, -0.2) is 39.0 Å². The Hall–Kier alpha value is -2.54. The average Bonchev–Trinajstić information content (AvgIpc) is 2.66. The Kier molecular flexibility index (Phi) is 7.03. The van der Waals surface area contributed by atoms with Crippen molar-refractivity contribution < 1.29 is 28.8 Å². The standard InChI is InChI=1S/C19H22O6S/c1-5-25-19(21)18(26-14-8-6-13(20)7-9-14)12-10-15(22-2)17(24-4)16(11-12)23-3/h6-11,18,20H,5H2,1-4H3. The summed E-state index contributed by atoms with van der Waals surface area (Å²) in [6.45, 7) is 2.03. The van der Waals surface area contributed by atoms with Gasteiger partial charge in [0.15, 0.2) is 11.5 Å². The molecule has 0 aromatic heterocycles. The van der Waals surface area contributed by atoms with Crippen LogP contribution in [0.1, 0.15) is 17.7 Å². The number of carbonyl (C=O) groups is 1. The van der Waals surface area contributed by atoms with Gasteiger partial charge in [-0.15, -0.1) is 11.8 Å². The molecule has 0 aliphatic carbocycles. The van der Waals surface area contributed by atoms with E-state index in [1.807, 2.05) is 0 Å². The van der Waals surface area contributed by atoms with E-state index in [1.165, 1.54) is 33.1 Å². The monoisotopic (exact) mass is 378 g/mol. The molecule has 2 aromatic rings. The summed E-state index contributed by atoms with van der Waals surface area (Å²) in [5.41, 5.74) is 0.663. The second-order valence-electron chi connectivity index (χ2n) is 5.20. The molecule has 140 valence electrons. The summed E-state index contributed by atoms with van der Waals surface area (Å²) in [5.74, 6) is 1.16. The number of benzene rings is 2. The number of aromatic hydroxyl groups is 1. The molecule has 2 rings (SSSR count). The van der Waals surface area contributed by atoms with E-state index in [-0.39, 0.29) is 18.3 Å². The van der Waals surface area contributed by atoms with Crippen LogP contribution < -0.4 is 14.2 Å². The van der Waals surface area contributed by atoms with Crippen molar-refractivity contribution >= 4 is 17.7 Å². The largest absolute Gasteiger partial charge is 0.508 e. The number of esters is 1. The number of hydrogen-bond acceptors (Lipinski definition) is 7. The molecule has 0 radical (unpaired) electrons. The van der Waals surface area contributed by atoms with Crippen LogP contribution in [0.2, 0.25) is 0 Å². The summed E-state index contributed by atoms with van der Waals surface area (Å²) in [4.78, 5) is 13.4. The van der Waals surface area contributed by atoms with Gasteiger partial charge in [-0.25, -0.2) is 0 Å². The Bertz CT molecular complexity index is 719. The van der Waals surface area contributed by atoms with E-state index in [9.17, 15) is 9.90 Å². The Morgan fingerprint density at radius 1 is 1.04 bits per heavy atom. The third kappa shape index (κ3) is 4.54. The maximum atomic E-state index is 12.6. The van der Waals surface area contributed by atoms with Crippen LogP contribution in [0.3, 0.4) is 0 Å². The van der Waals surface area contributed by atoms with Crippen LogP contribution in [0.25, 0.3) is 0 Å². The fourth-order valence-electron chi connectivity index (χ4n) is 2.38. The molecular formula is C19H22O6S. The molecule has 0 amide bonds. The molecular weight excluding hydrogens is 356 g/mol. The van der Waals surface area contributed by atoms with Gasteiger partial charge in [-0.2, -0.15) is 0 Å². The number of rotatable bonds is 8. The molecule has 0 saturated heterocycles. The van der Waals surface area contributed by atoms with Gasteiger partial charge in [-0.05, 0) is 48.9 Å². The van der Waals surface area contributed by atoms with Gasteiger partial charge in [-0.1, -0.05) is 0 Å². The molecule has 7 heteroatoms. The van der Waals surface area contributed by atoms with Gasteiger partial charge in [-0.3, -0.25) is 4.79 Å². The summed E-state index contributed by atoms with van der Waals surface area (Å²) < 4.78 is 21.3. The first-order chi connectivity index (χ1) is 12.5. The van der Waals surface area contributed by atoms with E-state index < -0.39 is 5.25 Å². The lowest BCUT2D eigenvalue weighted by molar-refractivity contribution is -0.142. The molecule has 0 bridgehead atoms. The highest BCUT2D eigenvalue weighted by Crippen LogP contribution is 2.44. The SMILES string of the molecule is CCOC(=O)C(Sc1ccc(O)cc1)c1cc(OC)c(OC)c(OC)c1. The Balaban J connectivity index is 2.47. The molecule has 1 atom stereocenters. The zero-order valence-corrected chi connectivity index (χ0v) is 16.0.